The highest BCUT2D eigenvalue weighted by atomic mass is 15.0. The van der Waals surface area contributed by atoms with E-state index in [1.54, 1.807) is 24.3 Å². The Labute approximate surface area is 358 Å². The van der Waals surface area contributed by atoms with E-state index in [1.807, 2.05) is 60.7 Å². The molecule has 6 heteroatoms. The number of benzene rings is 9. The summed E-state index contributed by atoms with van der Waals surface area (Å²) in [7, 11) is 0. The molecule has 0 saturated heterocycles. The van der Waals surface area contributed by atoms with Crippen LogP contribution in [0.4, 0.5) is 0 Å². The Morgan fingerprint density at radius 3 is 1.32 bits per heavy atom. The fraction of sp³-hybridized carbons (Fsp3) is 0. The summed E-state index contributed by atoms with van der Waals surface area (Å²) in [6, 6.07) is 71.6. The maximum atomic E-state index is 9.94. The first kappa shape index (κ1) is 37.3. The van der Waals surface area contributed by atoms with Crippen molar-refractivity contribution in [3.63, 3.8) is 0 Å². The zero-order valence-corrected chi connectivity index (χ0v) is 33.2. The molecule has 0 aliphatic heterocycles. The van der Waals surface area contributed by atoms with E-state index in [4.69, 9.17) is 15.0 Å². The second kappa shape index (κ2) is 16.0. The van der Waals surface area contributed by atoms with Crippen LogP contribution in [-0.2, 0) is 0 Å². The van der Waals surface area contributed by atoms with E-state index < -0.39 is 0 Å². The van der Waals surface area contributed by atoms with Crippen LogP contribution < -0.4 is 0 Å². The van der Waals surface area contributed by atoms with Gasteiger partial charge in [-0.2, -0.15) is 15.8 Å². The van der Waals surface area contributed by atoms with Gasteiger partial charge in [0, 0.05) is 16.7 Å². The molecule has 0 radical (unpaired) electrons. The Morgan fingerprint density at radius 2 is 0.726 bits per heavy atom. The van der Waals surface area contributed by atoms with Gasteiger partial charge in [0.25, 0.3) is 0 Å². The number of hydrogen-bond donors (Lipinski definition) is 0. The van der Waals surface area contributed by atoms with Crippen molar-refractivity contribution < 1.29 is 0 Å². The van der Waals surface area contributed by atoms with Crippen molar-refractivity contribution in [3.8, 4) is 96.9 Å². The van der Waals surface area contributed by atoms with E-state index in [9.17, 15) is 15.8 Å². The SMILES string of the molecule is N#Cc1ccc(-c2nc(-c3ccc(C#N)cc3)nc(-c3ccc(-c4cccc(-c5cc(C#N)ccc5-c5ccc(-c6ccc7c(ccc8ccccc87)c6)cc5)c4)cc3)n2)cc1. The molecule has 0 unspecified atom stereocenters. The van der Waals surface area contributed by atoms with Gasteiger partial charge in [0.05, 0.1) is 34.9 Å². The molecule has 0 aliphatic rings. The number of hydrogen-bond acceptors (Lipinski definition) is 6. The summed E-state index contributed by atoms with van der Waals surface area (Å²) < 4.78 is 0. The van der Waals surface area contributed by atoms with E-state index in [1.165, 1.54) is 21.5 Å². The average molecular weight is 789 g/mol. The van der Waals surface area contributed by atoms with E-state index in [0.717, 1.165) is 61.2 Å². The molecule has 0 saturated carbocycles. The standard InChI is InChI=1S/C56H32N6/c57-33-36-8-13-43(14-9-36)54-60-55(44-15-10-37(34-58)11-16-44)62-56(61-54)45-24-19-39(20-25-45)46-5-3-6-48(31-46)53-30-38(35-59)12-28-51(53)42-21-17-40(18-22-42)47-27-29-52-49(32-47)26-23-41-4-1-2-7-50(41)52/h1-32H. The van der Waals surface area contributed by atoms with Gasteiger partial charge >= 0.3 is 0 Å². The molecule has 1 aromatic heterocycles. The number of aromatic nitrogens is 3. The van der Waals surface area contributed by atoms with Crippen molar-refractivity contribution in [1.29, 1.82) is 15.8 Å². The molecule has 0 amide bonds. The number of nitrogens with zero attached hydrogens (tertiary/aromatic N) is 6. The molecule has 0 atom stereocenters. The van der Waals surface area contributed by atoms with E-state index in [0.29, 0.717) is 34.2 Å². The third kappa shape index (κ3) is 7.20. The predicted molar refractivity (Wildman–Crippen MR) is 247 cm³/mol. The van der Waals surface area contributed by atoms with Crippen LogP contribution in [0.15, 0.2) is 194 Å². The fourth-order valence-corrected chi connectivity index (χ4v) is 7.97. The van der Waals surface area contributed by atoms with E-state index in [2.05, 4.69) is 127 Å². The molecule has 10 aromatic rings. The molecule has 10 rings (SSSR count). The Morgan fingerprint density at radius 1 is 0.274 bits per heavy atom. The first-order valence-electron chi connectivity index (χ1n) is 20.1. The van der Waals surface area contributed by atoms with Gasteiger partial charge in [0.1, 0.15) is 0 Å². The number of rotatable bonds is 7. The normalized spacial score (nSPS) is 10.9. The summed E-state index contributed by atoms with van der Waals surface area (Å²) in [5.74, 6) is 1.45. The maximum absolute atomic E-state index is 9.94. The molecule has 0 N–H and O–H groups in total. The van der Waals surface area contributed by atoms with Crippen LogP contribution in [0.2, 0.25) is 0 Å². The van der Waals surface area contributed by atoms with Crippen LogP contribution in [0.25, 0.3) is 100 Å². The monoisotopic (exact) mass is 788 g/mol. The van der Waals surface area contributed by atoms with Gasteiger partial charge < -0.3 is 0 Å². The third-order valence-corrected chi connectivity index (χ3v) is 11.3. The average Bonchev–Trinajstić information content (AvgIpc) is 3.36. The van der Waals surface area contributed by atoms with Crippen LogP contribution in [0, 0.1) is 34.0 Å². The Hall–Kier alpha value is -9.02. The first-order chi connectivity index (χ1) is 30.5. The third-order valence-electron chi connectivity index (χ3n) is 11.3. The summed E-state index contributed by atoms with van der Waals surface area (Å²) in [4.78, 5) is 14.5. The Bertz CT molecular complexity index is 3380. The highest BCUT2D eigenvalue weighted by Crippen LogP contribution is 2.37. The summed E-state index contributed by atoms with van der Waals surface area (Å²) in [5, 5.41) is 33.6. The lowest BCUT2D eigenvalue weighted by Gasteiger charge is -2.14. The molecule has 9 aromatic carbocycles. The van der Waals surface area contributed by atoms with Gasteiger partial charge in [-0.05, 0) is 139 Å². The van der Waals surface area contributed by atoms with Crippen LogP contribution in [-0.4, -0.2) is 15.0 Å². The maximum Gasteiger partial charge on any atom is 0.164 e. The van der Waals surface area contributed by atoms with Gasteiger partial charge in [-0.3, -0.25) is 0 Å². The van der Waals surface area contributed by atoms with Crippen LogP contribution in [0.3, 0.4) is 0 Å². The van der Waals surface area contributed by atoms with Crippen molar-refractivity contribution in [2.45, 2.75) is 0 Å². The fourth-order valence-electron chi connectivity index (χ4n) is 7.97. The number of nitriles is 3. The molecular formula is C56H32N6. The quantitative estimate of drug-likeness (QED) is 0.149. The highest BCUT2D eigenvalue weighted by Gasteiger charge is 2.15. The first-order valence-corrected chi connectivity index (χ1v) is 20.1. The zero-order valence-electron chi connectivity index (χ0n) is 33.2. The van der Waals surface area contributed by atoms with Crippen molar-refractivity contribution in [1.82, 2.24) is 15.0 Å². The van der Waals surface area contributed by atoms with Crippen LogP contribution in [0.5, 0.6) is 0 Å². The molecule has 0 fully saturated rings. The molecule has 62 heavy (non-hydrogen) atoms. The minimum Gasteiger partial charge on any atom is -0.208 e. The number of fused-ring (bicyclic) bond motifs is 3. The minimum atomic E-state index is 0.475. The lowest BCUT2D eigenvalue weighted by atomic mass is 9.90. The van der Waals surface area contributed by atoms with Gasteiger partial charge in [-0.25, -0.2) is 15.0 Å². The second-order valence-electron chi connectivity index (χ2n) is 15.0. The second-order valence-corrected chi connectivity index (χ2v) is 15.0. The molecular weight excluding hydrogens is 757 g/mol. The molecule has 286 valence electrons. The topological polar surface area (TPSA) is 110 Å². The van der Waals surface area contributed by atoms with Crippen LogP contribution in [0.1, 0.15) is 16.7 Å². The lowest BCUT2D eigenvalue weighted by Crippen LogP contribution is -2.00. The summed E-state index contributed by atoms with van der Waals surface area (Å²) in [6.45, 7) is 0. The smallest absolute Gasteiger partial charge is 0.164 e. The summed E-state index contributed by atoms with van der Waals surface area (Å²) >= 11 is 0. The summed E-state index contributed by atoms with van der Waals surface area (Å²) in [5.41, 5.74) is 12.4. The van der Waals surface area contributed by atoms with Crippen molar-refractivity contribution in [2.75, 3.05) is 0 Å². The molecule has 0 spiro atoms. The van der Waals surface area contributed by atoms with Crippen molar-refractivity contribution in [2.24, 2.45) is 0 Å². The Balaban J connectivity index is 0.964. The zero-order chi connectivity index (χ0) is 42.0. The van der Waals surface area contributed by atoms with E-state index in [-0.39, 0.29) is 0 Å². The molecule has 0 bridgehead atoms. The Kier molecular flexibility index (Phi) is 9.60. The highest BCUT2D eigenvalue weighted by molar-refractivity contribution is 6.08. The van der Waals surface area contributed by atoms with Crippen LogP contribution >= 0.6 is 0 Å². The largest absolute Gasteiger partial charge is 0.208 e. The summed E-state index contributed by atoms with van der Waals surface area (Å²) in [6.07, 6.45) is 0. The molecule has 1 heterocycles. The van der Waals surface area contributed by atoms with Crippen molar-refractivity contribution >= 4 is 21.5 Å². The van der Waals surface area contributed by atoms with E-state index >= 15 is 0 Å². The molecule has 6 nitrogen and oxygen atoms in total. The van der Waals surface area contributed by atoms with Gasteiger partial charge in [0.2, 0.25) is 0 Å². The van der Waals surface area contributed by atoms with Gasteiger partial charge in [0.15, 0.2) is 17.5 Å². The van der Waals surface area contributed by atoms with Gasteiger partial charge in [-0.1, -0.05) is 121 Å². The minimum absolute atomic E-state index is 0.475. The van der Waals surface area contributed by atoms with Gasteiger partial charge in [-0.15, -0.1) is 0 Å². The van der Waals surface area contributed by atoms with Crippen molar-refractivity contribution in [3.05, 3.63) is 211 Å². The predicted octanol–water partition coefficient (Wildman–Crippen LogP) is 13.5. The molecule has 0 aliphatic carbocycles. The lowest BCUT2D eigenvalue weighted by molar-refractivity contribution is 1.07.